The normalized spacial score (nSPS) is 17.5. The molecule has 2 aliphatic rings. The Labute approximate surface area is 177 Å². The van der Waals surface area contributed by atoms with Gasteiger partial charge in [-0.2, -0.15) is 0 Å². The van der Waals surface area contributed by atoms with Crippen LogP contribution in [0.4, 0.5) is 10.5 Å². The zero-order chi connectivity index (χ0) is 20.8. The van der Waals surface area contributed by atoms with Crippen LogP contribution in [0.25, 0.3) is 0 Å². The Kier molecular flexibility index (Phi) is 6.64. The average molecular weight is 408 g/mol. The lowest BCUT2D eigenvalue weighted by Crippen LogP contribution is -2.25. The Balaban J connectivity index is 1.31. The summed E-state index contributed by atoms with van der Waals surface area (Å²) in [6.07, 6.45) is 4.92. The minimum Gasteiger partial charge on any atom is -0.447 e. The van der Waals surface area contributed by atoms with Crippen LogP contribution in [0.5, 0.6) is 0 Å². The molecular weight excluding hydrogens is 378 g/mol. The fourth-order valence-corrected chi connectivity index (χ4v) is 4.04. The van der Waals surface area contributed by atoms with Crippen LogP contribution in [0.2, 0.25) is 0 Å². The Bertz CT molecular complexity index is 874. The van der Waals surface area contributed by atoms with Gasteiger partial charge in [0, 0.05) is 24.3 Å². The molecule has 0 aromatic heterocycles. The van der Waals surface area contributed by atoms with E-state index in [9.17, 15) is 9.59 Å². The highest BCUT2D eigenvalue weighted by Crippen LogP contribution is 2.20. The highest BCUT2D eigenvalue weighted by molar-refractivity contribution is 5.97. The highest BCUT2D eigenvalue weighted by atomic mass is 16.6. The van der Waals surface area contributed by atoms with Crippen LogP contribution < -0.4 is 10.2 Å². The highest BCUT2D eigenvalue weighted by Gasteiger charge is 2.24. The third-order valence-electron chi connectivity index (χ3n) is 5.76. The largest absolute Gasteiger partial charge is 0.447 e. The molecule has 6 heteroatoms. The van der Waals surface area contributed by atoms with Crippen molar-refractivity contribution in [1.82, 2.24) is 10.2 Å². The molecule has 2 fully saturated rings. The SMILES string of the molecule is O=C(NCc1ccc(CN2CCCCCC2)cc1)c1cccc(N2CCOC2=O)c1. The lowest BCUT2D eigenvalue weighted by Gasteiger charge is -2.19. The summed E-state index contributed by atoms with van der Waals surface area (Å²) in [5.41, 5.74) is 3.60. The Morgan fingerprint density at radius 1 is 0.933 bits per heavy atom. The number of hydrogen-bond acceptors (Lipinski definition) is 4. The summed E-state index contributed by atoms with van der Waals surface area (Å²) in [4.78, 5) is 28.4. The third-order valence-corrected chi connectivity index (χ3v) is 5.76. The minimum absolute atomic E-state index is 0.155. The van der Waals surface area contributed by atoms with Gasteiger partial charge in [-0.25, -0.2) is 4.79 Å². The third kappa shape index (κ3) is 5.19. The molecule has 0 unspecified atom stereocenters. The lowest BCUT2D eigenvalue weighted by molar-refractivity contribution is 0.0951. The van der Waals surface area contributed by atoms with Crippen molar-refractivity contribution in [3.8, 4) is 0 Å². The molecule has 2 heterocycles. The predicted octanol–water partition coefficient (Wildman–Crippen LogP) is 3.95. The van der Waals surface area contributed by atoms with Gasteiger partial charge in [0.2, 0.25) is 0 Å². The van der Waals surface area contributed by atoms with Crippen LogP contribution in [0.3, 0.4) is 0 Å². The van der Waals surface area contributed by atoms with Crippen LogP contribution in [0, 0.1) is 0 Å². The van der Waals surface area contributed by atoms with Crippen molar-refractivity contribution >= 4 is 17.7 Å². The first-order chi connectivity index (χ1) is 14.7. The van der Waals surface area contributed by atoms with Crippen molar-refractivity contribution in [1.29, 1.82) is 0 Å². The van der Waals surface area contributed by atoms with Crippen LogP contribution in [0.15, 0.2) is 48.5 Å². The zero-order valence-corrected chi connectivity index (χ0v) is 17.3. The number of ether oxygens (including phenoxy) is 1. The number of carbonyl (C=O) groups excluding carboxylic acids is 2. The zero-order valence-electron chi connectivity index (χ0n) is 17.3. The number of cyclic esters (lactones) is 1. The first-order valence-corrected chi connectivity index (χ1v) is 10.8. The summed E-state index contributed by atoms with van der Waals surface area (Å²) >= 11 is 0. The second kappa shape index (κ2) is 9.76. The molecule has 2 amide bonds. The summed E-state index contributed by atoms with van der Waals surface area (Å²) < 4.78 is 4.97. The average Bonchev–Trinajstić information content (AvgIpc) is 3.04. The minimum atomic E-state index is -0.368. The van der Waals surface area contributed by atoms with E-state index in [-0.39, 0.29) is 12.0 Å². The lowest BCUT2D eigenvalue weighted by atomic mass is 10.1. The maximum absolute atomic E-state index is 12.6. The molecule has 30 heavy (non-hydrogen) atoms. The number of likely N-dealkylation sites (tertiary alicyclic amines) is 1. The van der Waals surface area contributed by atoms with Crippen LogP contribution in [-0.2, 0) is 17.8 Å². The number of rotatable bonds is 6. The molecule has 2 aliphatic heterocycles. The summed E-state index contributed by atoms with van der Waals surface area (Å²) in [7, 11) is 0. The maximum atomic E-state index is 12.6. The van der Waals surface area contributed by atoms with Gasteiger partial charge >= 0.3 is 6.09 Å². The Morgan fingerprint density at radius 2 is 1.67 bits per heavy atom. The molecule has 4 rings (SSSR count). The van der Waals surface area contributed by atoms with Crippen molar-refractivity contribution in [2.45, 2.75) is 38.8 Å². The first-order valence-electron chi connectivity index (χ1n) is 10.8. The molecule has 1 N–H and O–H groups in total. The van der Waals surface area contributed by atoms with E-state index in [4.69, 9.17) is 4.74 Å². The van der Waals surface area contributed by atoms with E-state index in [2.05, 4.69) is 34.5 Å². The molecule has 2 aromatic rings. The predicted molar refractivity (Wildman–Crippen MR) is 116 cm³/mol. The topological polar surface area (TPSA) is 61.9 Å². The van der Waals surface area contributed by atoms with E-state index in [1.165, 1.54) is 44.3 Å². The van der Waals surface area contributed by atoms with E-state index < -0.39 is 0 Å². The van der Waals surface area contributed by atoms with Gasteiger partial charge in [-0.05, 0) is 55.3 Å². The van der Waals surface area contributed by atoms with Crippen molar-refractivity contribution in [3.63, 3.8) is 0 Å². The summed E-state index contributed by atoms with van der Waals surface area (Å²) in [5, 5.41) is 2.97. The molecule has 0 saturated carbocycles. The van der Waals surface area contributed by atoms with Gasteiger partial charge in [0.15, 0.2) is 0 Å². The van der Waals surface area contributed by atoms with Crippen molar-refractivity contribution in [2.24, 2.45) is 0 Å². The van der Waals surface area contributed by atoms with E-state index in [1.54, 1.807) is 23.1 Å². The fraction of sp³-hybridized carbons (Fsp3) is 0.417. The van der Waals surface area contributed by atoms with E-state index >= 15 is 0 Å². The van der Waals surface area contributed by atoms with Gasteiger partial charge in [-0.3, -0.25) is 14.6 Å². The molecule has 0 aliphatic carbocycles. The number of amides is 2. The molecule has 2 saturated heterocycles. The number of anilines is 1. The molecule has 158 valence electrons. The smallest absolute Gasteiger partial charge is 0.414 e. The van der Waals surface area contributed by atoms with E-state index in [0.29, 0.717) is 30.9 Å². The summed E-state index contributed by atoms with van der Waals surface area (Å²) in [6.45, 7) is 4.73. The number of nitrogens with one attached hydrogen (secondary N) is 1. The quantitative estimate of drug-likeness (QED) is 0.788. The molecular formula is C24H29N3O3. The van der Waals surface area contributed by atoms with Crippen molar-refractivity contribution in [2.75, 3.05) is 31.1 Å². The second-order valence-electron chi connectivity index (χ2n) is 8.01. The molecule has 0 spiro atoms. The first kappa shape index (κ1) is 20.4. The van der Waals surface area contributed by atoms with Gasteiger partial charge in [0.1, 0.15) is 6.61 Å². The molecule has 0 atom stereocenters. The van der Waals surface area contributed by atoms with Crippen LogP contribution in [0.1, 0.15) is 47.2 Å². The Hall–Kier alpha value is -2.86. The molecule has 0 bridgehead atoms. The Morgan fingerprint density at radius 3 is 2.37 bits per heavy atom. The number of hydrogen-bond donors (Lipinski definition) is 1. The van der Waals surface area contributed by atoms with Gasteiger partial charge in [-0.15, -0.1) is 0 Å². The number of benzene rings is 2. The summed E-state index contributed by atoms with van der Waals surface area (Å²) in [6, 6.07) is 15.6. The molecule has 0 radical (unpaired) electrons. The van der Waals surface area contributed by atoms with Crippen molar-refractivity contribution < 1.29 is 14.3 Å². The van der Waals surface area contributed by atoms with Crippen LogP contribution in [-0.4, -0.2) is 43.1 Å². The monoisotopic (exact) mass is 407 g/mol. The fourth-order valence-electron chi connectivity index (χ4n) is 4.04. The van der Waals surface area contributed by atoms with Crippen LogP contribution >= 0.6 is 0 Å². The molecule has 6 nitrogen and oxygen atoms in total. The summed E-state index contributed by atoms with van der Waals surface area (Å²) in [5.74, 6) is -0.155. The van der Waals surface area contributed by atoms with Gasteiger partial charge < -0.3 is 10.1 Å². The maximum Gasteiger partial charge on any atom is 0.414 e. The van der Waals surface area contributed by atoms with Gasteiger partial charge in [0.25, 0.3) is 5.91 Å². The molecule has 2 aromatic carbocycles. The van der Waals surface area contributed by atoms with Gasteiger partial charge in [0.05, 0.1) is 6.54 Å². The van der Waals surface area contributed by atoms with E-state index in [1.807, 2.05) is 6.07 Å². The van der Waals surface area contributed by atoms with Crippen molar-refractivity contribution in [3.05, 3.63) is 65.2 Å². The van der Waals surface area contributed by atoms with E-state index in [0.717, 1.165) is 12.1 Å². The van der Waals surface area contributed by atoms with Gasteiger partial charge in [-0.1, -0.05) is 43.2 Å². The number of carbonyl (C=O) groups is 2. The standard InChI is InChI=1S/C24H29N3O3/c28-23(21-6-5-7-22(16-21)27-14-15-30-24(27)29)25-17-19-8-10-20(11-9-19)18-26-12-3-1-2-4-13-26/h5-11,16H,1-4,12-15,17-18H2,(H,25,28). The number of nitrogens with zero attached hydrogens (tertiary/aromatic N) is 2. The second-order valence-corrected chi connectivity index (χ2v) is 8.01.